The molecule has 1 unspecified atom stereocenters. The van der Waals surface area contributed by atoms with E-state index in [1.807, 2.05) is 4.90 Å². The molecule has 5 nitrogen and oxygen atoms in total. The van der Waals surface area contributed by atoms with Gasteiger partial charge in [-0.2, -0.15) is 0 Å². The number of likely N-dealkylation sites (tertiary alicyclic amines) is 1. The molecule has 0 aliphatic carbocycles. The minimum atomic E-state index is -1.06. The van der Waals surface area contributed by atoms with Crippen molar-refractivity contribution in [2.75, 3.05) is 13.7 Å². The number of carbonyl (C=O) groups excluding carboxylic acids is 1. The Hall–Kier alpha value is -2.04. The first-order valence-corrected chi connectivity index (χ1v) is 7.80. The number of carboxylic acids is 1. The van der Waals surface area contributed by atoms with E-state index in [2.05, 4.69) is 6.92 Å². The highest BCUT2D eigenvalue weighted by molar-refractivity contribution is 5.98. The van der Waals surface area contributed by atoms with E-state index in [0.717, 1.165) is 38.6 Å². The van der Waals surface area contributed by atoms with Crippen LogP contribution in [0.15, 0.2) is 18.2 Å². The Bertz CT molecular complexity index is 556. The molecule has 1 heterocycles. The molecule has 1 aliphatic rings. The SMILES string of the molecule is CCCCC1CCCN1C(=O)c1cc(OC)cc(C(=O)O)c1. The summed E-state index contributed by atoms with van der Waals surface area (Å²) in [5.41, 5.74) is 0.465. The number of carbonyl (C=O) groups is 2. The number of amides is 1. The van der Waals surface area contributed by atoms with Gasteiger partial charge in [0.25, 0.3) is 5.91 Å². The average molecular weight is 305 g/mol. The van der Waals surface area contributed by atoms with Crippen molar-refractivity contribution in [2.24, 2.45) is 0 Å². The van der Waals surface area contributed by atoms with E-state index < -0.39 is 5.97 Å². The van der Waals surface area contributed by atoms with Crippen LogP contribution in [0.2, 0.25) is 0 Å². The van der Waals surface area contributed by atoms with Crippen LogP contribution < -0.4 is 4.74 Å². The number of hydrogen-bond acceptors (Lipinski definition) is 3. The first kappa shape index (κ1) is 16.3. The fourth-order valence-corrected chi connectivity index (χ4v) is 2.97. The van der Waals surface area contributed by atoms with Crippen LogP contribution in [0.5, 0.6) is 5.75 Å². The van der Waals surface area contributed by atoms with Crippen molar-refractivity contribution in [3.63, 3.8) is 0 Å². The molecule has 5 heteroatoms. The zero-order valence-electron chi connectivity index (χ0n) is 13.2. The lowest BCUT2D eigenvalue weighted by atomic mass is 10.1. The number of unbranched alkanes of at least 4 members (excludes halogenated alkanes) is 1. The maximum Gasteiger partial charge on any atom is 0.335 e. The summed E-state index contributed by atoms with van der Waals surface area (Å²) < 4.78 is 5.12. The highest BCUT2D eigenvalue weighted by Gasteiger charge is 2.29. The lowest BCUT2D eigenvalue weighted by molar-refractivity contribution is 0.0696. The lowest BCUT2D eigenvalue weighted by Gasteiger charge is -2.25. The maximum absolute atomic E-state index is 12.7. The van der Waals surface area contributed by atoms with E-state index >= 15 is 0 Å². The lowest BCUT2D eigenvalue weighted by Crippen LogP contribution is -2.35. The number of aromatic carboxylic acids is 1. The van der Waals surface area contributed by atoms with Gasteiger partial charge in [0.2, 0.25) is 0 Å². The first-order chi connectivity index (χ1) is 10.6. The molecule has 1 saturated heterocycles. The monoisotopic (exact) mass is 305 g/mol. The quantitative estimate of drug-likeness (QED) is 0.876. The van der Waals surface area contributed by atoms with E-state index in [4.69, 9.17) is 9.84 Å². The molecule has 0 spiro atoms. The van der Waals surface area contributed by atoms with Crippen LogP contribution in [0.25, 0.3) is 0 Å². The Morgan fingerprint density at radius 2 is 2.05 bits per heavy atom. The summed E-state index contributed by atoms with van der Waals surface area (Å²) in [6, 6.07) is 4.75. The predicted octanol–water partition coefficient (Wildman–Crippen LogP) is 3.19. The standard InChI is InChI=1S/C17H23NO4/c1-3-4-6-14-7-5-8-18(14)16(19)12-9-13(17(20)21)11-15(10-12)22-2/h9-11,14H,3-8H2,1-2H3,(H,20,21). The molecular formula is C17H23NO4. The molecule has 0 bridgehead atoms. The molecule has 22 heavy (non-hydrogen) atoms. The van der Waals surface area contributed by atoms with Gasteiger partial charge in [0.15, 0.2) is 0 Å². The molecule has 1 amide bonds. The number of methoxy groups -OCH3 is 1. The Labute approximate surface area is 130 Å². The highest BCUT2D eigenvalue weighted by atomic mass is 16.5. The number of rotatable bonds is 6. The summed E-state index contributed by atoms with van der Waals surface area (Å²) in [4.78, 5) is 25.8. The molecule has 1 aromatic rings. The second-order valence-electron chi connectivity index (χ2n) is 5.69. The Morgan fingerprint density at radius 1 is 1.32 bits per heavy atom. The molecule has 2 rings (SSSR count). The minimum absolute atomic E-state index is 0.0759. The van der Waals surface area contributed by atoms with Crippen molar-refractivity contribution >= 4 is 11.9 Å². The largest absolute Gasteiger partial charge is 0.497 e. The molecule has 0 aromatic heterocycles. The van der Waals surface area contributed by atoms with Gasteiger partial charge < -0.3 is 14.7 Å². The topological polar surface area (TPSA) is 66.8 Å². The third kappa shape index (κ3) is 3.59. The molecule has 1 atom stereocenters. The van der Waals surface area contributed by atoms with Crippen LogP contribution in [-0.2, 0) is 0 Å². The smallest absolute Gasteiger partial charge is 0.335 e. The molecule has 1 aliphatic heterocycles. The number of hydrogen-bond donors (Lipinski definition) is 1. The van der Waals surface area contributed by atoms with Crippen molar-refractivity contribution in [3.8, 4) is 5.75 Å². The van der Waals surface area contributed by atoms with Gasteiger partial charge in [0.1, 0.15) is 5.75 Å². The predicted molar refractivity (Wildman–Crippen MR) is 83.5 cm³/mol. The third-order valence-electron chi connectivity index (χ3n) is 4.17. The third-order valence-corrected chi connectivity index (χ3v) is 4.17. The Morgan fingerprint density at radius 3 is 2.68 bits per heavy atom. The van der Waals surface area contributed by atoms with Crippen molar-refractivity contribution in [1.82, 2.24) is 4.90 Å². The van der Waals surface area contributed by atoms with Gasteiger partial charge in [0, 0.05) is 18.2 Å². The summed E-state index contributed by atoms with van der Waals surface area (Å²) in [6.45, 7) is 2.88. The summed E-state index contributed by atoms with van der Waals surface area (Å²) >= 11 is 0. The van der Waals surface area contributed by atoms with Crippen LogP contribution in [0.1, 0.15) is 59.7 Å². The Kier molecular flexibility index (Phi) is 5.41. The summed E-state index contributed by atoms with van der Waals surface area (Å²) in [7, 11) is 1.47. The normalized spacial score (nSPS) is 17.5. The van der Waals surface area contributed by atoms with Crippen LogP contribution >= 0.6 is 0 Å². The number of carboxylic acid groups (broad SMARTS) is 1. The van der Waals surface area contributed by atoms with Gasteiger partial charge in [-0.1, -0.05) is 19.8 Å². The van der Waals surface area contributed by atoms with Crippen molar-refractivity contribution < 1.29 is 19.4 Å². The van der Waals surface area contributed by atoms with E-state index in [1.165, 1.54) is 19.2 Å². The minimum Gasteiger partial charge on any atom is -0.497 e. The van der Waals surface area contributed by atoms with Crippen LogP contribution in [-0.4, -0.2) is 41.6 Å². The van der Waals surface area contributed by atoms with E-state index in [9.17, 15) is 9.59 Å². The number of nitrogens with zero attached hydrogens (tertiary/aromatic N) is 1. The van der Waals surface area contributed by atoms with Crippen LogP contribution in [0, 0.1) is 0 Å². The molecule has 1 fully saturated rings. The van der Waals surface area contributed by atoms with Gasteiger partial charge in [-0.05, 0) is 37.5 Å². The summed E-state index contributed by atoms with van der Waals surface area (Å²) in [5.74, 6) is -0.760. The van der Waals surface area contributed by atoms with Crippen LogP contribution in [0.3, 0.4) is 0 Å². The number of ether oxygens (including phenoxy) is 1. The van der Waals surface area contributed by atoms with E-state index in [0.29, 0.717) is 11.3 Å². The molecule has 120 valence electrons. The molecule has 0 saturated carbocycles. The summed E-state index contributed by atoms with van der Waals surface area (Å²) in [5, 5.41) is 9.16. The zero-order chi connectivity index (χ0) is 16.1. The second kappa shape index (κ2) is 7.29. The van der Waals surface area contributed by atoms with E-state index in [1.54, 1.807) is 6.07 Å². The molecule has 0 radical (unpaired) electrons. The maximum atomic E-state index is 12.7. The highest BCUT2D eigenvalue weighted by Crippen LogP contribution is 2.26. The van der Waals surface area contributed by atoms with Crippen molar-refractivity contribution in [1.29, 1.82) is 0 Å². The van der Waals surface area contributed by atoms with Gasteiger partial charge >= 0.3 is 5.97 Å². The molecular weight excluding hydrogens is 282 g/mol. The first-order valence-electron chi connectivity index (χ1n) is 7.80. The second-order valence-corrected chi connectivity index (χ2v) is 5.69. The van der Waals surface area contributed by atoms with Gasteiger partial charge in [-0.25, -0.2) is 4.79 Å². The zero-order valence-corrected chi connectivity index (χ0v) is 13.2. The fourth-order valence-electron chi connectivity index (χ4n) is 2.97. The number of benzene rings is 1. The van der Waals surface area contributed by atoms with Crippen molar-refractivity contribution in [3.05, 3.63) is 29.3 Å². The van der Waals surface area contributed by atoms with Gasteiger partial charge in [-0.3, -0.25) is 4.79 Å². The van der Waals surface area contributed by atoms with E-state index in [-0.39, 0.29) is 17.5 Å². The molecule has 1 aromatic carbocycles. The van der Waals surface area contributed by atoms with Crippen LogP contribution in [0.4, 0.5) is 0 Å². The molecule has 1 N–H and O–H groups in total. The van der Waals surface area contributed by atoms with Gasteiger partial charge in [-0.15, -0.1) is 0 Å². The Balaban J connectivity index is 2.24. The van der Waals surface area contributed by atoms with Gasteiger partial charge in [0.05, 0.1) is 12.7 Å². The average Bonchev–Trinajstić information content (AvgIpc) is 2.99. The van der Waals surface area contributed by atoms with Crippen molar-refractivity contribution in [2.45, 2.75) is 45.1 Å². The fraction of sp³-hybridized carbons (Fsp3) is 0.529. The summed E-state index contributed by atoms with van der Waals surface area (Å²) in [6.07, 6.45) is 5.27.